The van der Waals surface area contributed by atoms with Gasteiger partial charge in [-0.25, -0.2) is 0 Å². The van der Waals surface area contributed by atoms with E-state index in [0.29, 0.717) is 5.69 Å². The molecule has 2 rings (SSSR count). The minimum absolute atomic E-state index is 0.0411. The summed E-state index contributed by atoms with van der Waals surface area (Å²) in [5.74, 6) is -0.0942. The van der Waals surface area contributed by atoms with Crippen molar-refractivity contribution in [3.8, 4) is 0 Å². The Kier molecular flexibility index (Phi) is 3.79. The van der Waals surface area contributed by atoms with Crippen molar-refractivity contribution in [1.29, 1.82) is 0 Å². The molecule has 19 heavy (non-hydrogen) atoms. The van der Waals surface area contributed by atoms with E-state index in [2.05, 4.69) is 25.9 Å². The Hall–Kier alpha value is -1.96. The SMILES string of the molecule is O=C(Cc1nn[nH]n1)Nc1ccc([As](=O)(O)O)cc1. The van der Waals surface area contributed by atoms with Crippen molar-refractivity contribution in [3.63, 3.8) is 0 Å². The second-order valence-corrected chi connectivity index (χ2v) is 7.01. The van der Waals surface area contributed by atoms with Gasteiger partial charge in [0.1, 0.15) is 0 Å². The van der Waals surface area contributed by atoms with Gasteiger partial charge in [-0.2, -0.15) is 0 Å². The summed E-state index contributed by atoms with van der Waals surface area (Å²) in [6.45, 7) is 0. The molecule has 4 N–H and O–H groups in total. The summed E-state index contributed by atoms with van der Waals surface area (Å²) < 4.78 is 29.0. The number of aromatic nitrogens is 4. The number of nitrogens with zero attached hydrogens (tertiary/aromatic N) is 3. The summed E-state index contributed by atoms with van der Waals surface area (Å²) in [4.78, 5) is 11.6. The van der Waals surface area contributed by atoms with Crippen LogP contribution >= 0.6 is 0 Å². The second kappa shape index (κ2) is 5.35. The number of carbonyl (C=O) groups is 1. The number of carbonyl (C=O) groups excluding carboxylic acids is 1. The van der Waals surface area contributed by atoms with E-state index >= 15 is 0 Å². The summed E-state index contributed by atoms with van der Waals surface area (Å²) in [5, 5.41) is 15.4. The van der Waals surface area contributed by atoms with Gasteiger partial charge in [0.2, 0.25) is 0 Å². The molecule has 0 radical (unpaired) electrons. The number of H-pyrrole nitrogens is 1. The molecule has 0 spiro atoms. The van der Waals surface area contributed by atoms with Crippen LogP contribution < -0.4 is 9.67 Å². The molecule has 2 aromatic rings. The van der Waals surface area contributed by atoms with Gasteiger partial charge in [0.05, 0.1) is 0 Å². The molecule has 100 valence electrons. The number of hydrogen-bond donors (Lipinski definition) is 4. The maximum atomic E-state index is 11.6. The maximum absolute atomic E-state index is 11.6. The Morgan fingerprint density at radius 2 is 2.00 bits per heavy atom. The molecule has 0 fully saturated rings. The summed E-state index contributed by atoms with van der Waals surface area (Å²) in [6, 6.07) is 5.40. The predicted octanol–water partition coefficient (Wildman–Crippen LogP) is -2.06. The first-order valence-corrected chi connectivity index (χ1v) is 8.52. The monoisotopic (exact) mass is 327 g/mol. The summed E-state index contributed by atoms with van der Waals surface area (Å²) in [6.07, 6.45) is -0.0411. The molecular weight excluding hydrogens is 317 g/mol. The normalized spacial score (nSPS) is 11.3. The zero-order valence-corrected chi connectivity index (χ0v) is 11.4. The molecule has 0 saturated heterocycles. The molecular formula is C9H10AsN5O4. The number of amides is 1. The molecule has 0 aliphatic rings. The van der Waals surface area contributed by atoms with Crippen LogP contribution in [0.1, 0.15) is 5.82 Å². The van der Waals surface area contributed by atoms with E-state index in [9.17, 15) is 8.53 Å². The third kappa shape index (κ3) is 3.75. The van der Waals surface area contributed by atoms with Crippen LogP contribution in [0.5, 0.6) is 0 Å². The van der Waals surface area contributed by atoms with E-state index in [1.807, 2.05) is 0 Å². The summed E-state index contributed by atoms with van der Waals surface area (Å²) in [5.41, 5.74) is 0.432. The number of aromatic amines is 1. The average molecular weight is 327 g/mol. The Morgan fingerprint density at radius 3 is 2.53 bits per heavy atom. The van der Waals surface area contributed by atoms with Crippen molar-refractivity contribution in [2.45, 2.75) is 6.42 Å². The van der Waals surface area contributed by atoms with E-state index in [1.165, 1.54) is 24.3 Å². The van der Waals surface area contributed by atoms with Crippen LogP contribution in [0.4, 0.5) is 5.69 Å². The van der Waals surface area contributed by atoms with Gasteiger partial charge in [0, 0.05) is 0 Å². The Morgan fingerprint density at radius 1 is 1.32 bits per heavy atom. The number of rotatable bonds is 4. The van der Waals surface area contributed by atoms with Crippen LogP contribution in [0.3, 0.4) is 0 Å². The Balaban J connectivity index is 2.00. The van der Waals surface area contributed by atoms with Crippen LogP contribution in [0.15, 0.2) is 24.3 Å². The molecule has 0 bridgehead atoms. The molecule has 0 aliphatic heterocycles. The summed E-state index contributed by atoms with van der Waals surface area (Å²) in [7, 11) is 0. The Bertz CT molecular complexity index is 606. The van der Waals surface area contributed by atoms with Crippen molar-refractivity contribution >= 4 is 30.1 Å². The van der Waals surface area contributed by atoms with Gasteiger partial charge in [0.15, 0.2) is 0 Å². The van der Waals surface area contributed by atoms with Gasteiger partial charge >= 0.3 is 109 Å². The van der Waals surface area contributed by atoms with E-state index in [0.717, 1.165) is 0 Å². The number of nitrogens with one attached hydrogen (secondary N) is 2. The van der Waals surface area contributed by atoms with Crippen molar-refractivity contribution in [1.82, 2.24) is 20.6 Å². The van der Waals surface area contributed by atoms with Crippen molar-refractivity contribution < 1.29 is 16.7 Å². The topological polar surface area (TPSA) is 141 Å². The molecule has 9 nitrogen and oxygen atoms in total. The number of tetrazole rings is 1. The van der Waals surface area contributed by atoms with Gasteiger partial charge in [-0.15, -0.1) is 0 Å². The zero-order valence-electron chi connectivity index (χ0n) is 9.52. The molecule has 1 aromatic heterocycles. The third-order valence-corrected chi connectivity index (χ3v) is 4.23. The predicted molar refractivity (Wildman–Crippen MR) is 63.5 cm³/mol. The van der Waals surface area contributed by atoms with Crippen LogP contribution in [0, 0.1) is 0 Å². The van der Waals surface area contributed by atoms with Gasteiger partial charge in [-0.3, -0.25) is 0 Å². The van der Waals surface area contributed by atoms with Crippen LogP contribution in [-0.4, -0.2) is 48.9 Å². The molecule has 1 aromatic carbocycles. The second-order valence-electron chi connectivity index (χ2n) is 3.64. The van der Waals surface area contributed by atoms with Crippen LogP contribution in [-0.2, 0) is 15.0 Å². The molecule has 0 unspecified atom stereocenters. The Labute approximate surface area is 110 Å². The van der Waals surface area contributed by atoms with E-state index < -0.39 is 14.2 Å². The molecule has 0 saturated carbocycles. The number of hydrogen-bond acceptors (Lipinski definition) is 5. The first kappa shape index (κ1) is 13.5. The molecule has 0 aliphatic carbocycles. The summed E-state index contributed by atoms with van der Waals surface area (Å²) >= 11 is -4.88. The van der Waals surface area contributed by atoms with Crippen molar-refractivity contribution in [2.75, 3.05) is 5.32 Å². The fraction of sp³-hybridized carbons (Fsp3) is 0.111. The third-order valence-electron chi connectivity index (χ3n) is 2.20. The van der Waals surface area contributed by atoms with Crippen LogP contribution in [0.2, 0.25) is 0 Å². The molecule has 0 atom stereocenters. The fourth-order valence-corrected chi connectivity index (χ4v) is 2.47. The van der Waals surface area contributed by atoms with Crippen LogP contribution in [0.25, 0.3) is 0 Å². The minimum atomic E-state index is -4.88. The van der Waals surface area contributed by atoms with Gasteiger partial charge < -0.3 is 0 Å². The first-order valence-electron chi connectivity index (χ1n) is 5.13. The zero-order chi connectivity index (χ0) is 13.9. The van der Waals surface area contributed by atoms with Gasteiger partial charge in [-0.05, 0) is 0 Å². The van der Waals surface area contributed by atoms with Crippen molar-refractivity contribution in [2.24, 2.45) is 0 Å². The molecule has 1 heterocycles. The number of anilines is 1. The van der Waals surface area contributed by atoms with E-state index in [1.54, 1.807) is 0 Å². The van der Waals surface area contributed by atoms with Gasteiger partial charge in [-0.1, -0.05) is 0 Å². The molecule has 1 amide bonds. The fourth-order valence-electron chi connectivity index (χ4n) is 1.35. The van der Waals surface area contributed by atoms with Gasteiger partial charge in [0.25, 0.3) is 0 Å². The first-order chi connectivity index (χ1) is 8.95. The van der Waals surface area contributed by atoms with E-state index in [-0.39, 0.29) is 22.5 Å². The number of benzene rings is 1. The average Bonchev–Trinajstić information content (AvgIpc) is 2.81. The van der Waals surface area contributed by atoms with Crippen molar-refractivity contribution in [3.05, 3.63) is 30.1 Å². The molecule has 10 heteroatoms. The quantitative estimate of drug-likeness (QED) is 0.473. The standard InChI is InChI=1S/C9H10AsN5O4/c16-9(5-8-12-14-15-13-8)11-7-3-1-6(2-4-7)10(17,18)19/h1-4H,5H2,(H,11,16)(H2,17,18,19)(H,12,13,14,15). The van der Waals surface area contributed by atoms with E-state index in [4.69, 9.17) is 8.19 Å².